The number of furan rings is 1. The SMILES string of the molecule is c1ccc(-c2nc(-c3ccccc3)nc(-c3ccccc3N(c3ccc4oc5ccccc5c4c3)c3ccc4c(c3)c3ccccc3n4-c3ccccc3)n2)cc1. The highest BCUT2D eigenvalue weighted by atomic mass is 16.3. The maximum atomic E-state index is 6.30. The van der Waals surface area contributed by atoms with Gasteiger partial charge in [-0.1, -0.05) is 127 Å². The molecule has 0 aliphatic rings. The lowest BCUT2D eigenvalue weighted by molar-refractivity contribution is 0.669. The Hall–Kier alpha value is -7.83. The van der Waals surface area contributed by atoms with Gasteiger partial charge >= 0.3 is 0 Å². The molecule has 3 aromatic heterocycles. The summed E-state index contributed by atoms with van der Waals surface area (Å²) in [7, 11) is 0. The molecule has 8 aromatic carbocycles. The summed E-state index contributed by atoms with van der Waals surface area (Å²) in [6, 6.07) is 69.2. The molecule has 0 N–H and O–H groups in total. The van der Waals surface area contributed by atoms with Gasteiger partial charge in [0.25, 0.3) is 0 Å². The number of nitrogens with zero attached hydrogens (tertiary/aromatic N) is 5. The van der Waals surface area contributed by atoms with Crippen molar-refractivity contribution in [2.75, 3.05) is 4.90 Å². The highest BCUT2D eigenvalue weighted by molar-refractivity contribution is 6.11. The Balaban J connectivity index is 1.17. The van der Waals surface area contributed by atoms with Crippen molar-refractivity contribution in [3.05, 3.63) is 200 Å². The molecule has 0 saturated carbocycles. The van der Waals surface area contributed by atoms with Crippen molar-refractivity contribution in [3.63, 3.8) is 0 Å². The van der Waals surface area contributed by atoms with Gasteiger partial charge in [-0.2, -0.15) is 0 Å². The third-order valence-electron chi connectivity index (χ3n) is 10.6. The van der Waals surface area contributed by atoms with E-state index in [9.17, 15) is 0 Å². The molecule has 6 nitrogen and oxygen atoms in total. The van der Waals surface area contributed by atoms with Gasteiger partial charge < -0.3 is 13.9 Å². The lowest BCUT2D eigenvalue weighted by Gasteiger charge is -2.28. The second-order valence-electron chi connectivity index (χ2n) is 14.1. The average molecular weight is 732 g/mol. The van der Waals surface area contributed by atoms with Gasteiger partial charge in [-0.25, -0.2) is 15.0 Å². The zero-order valence-electron chi connectivity index (χ0n) is 30.7. The van der Waals surface area contributed by atoms with E-state index in [4.69, 9.17) is 19.4 Å². The van der Waals surface area contributed by atoms with Crippen LogP contribution in [0.1, 0.15) is 0 Å². The Morgan fingerprint density at radius 1 is 0.386 bits per heavy atom. The predicted molar refractivity (Wildman–Crippen MR) is 232 cm³/mol. The zero-order valence-corrected chi connectivity index (χ0v) is 30.7. The fourth-order valence-electron chi connectivity index (χ4n) is 8.02. The number of rotatable bonds is 7. The Bertz CT molecular complexity index is 3190. The van der Waals surface area contributed by atoms with Crippen LogP contribution in [0.15, 0.2) is 205 Å². The van der Waals surface area contributed by atoms with E-state index in [-0.39, 0.29) is 0 Å². The van der Waals surface area contributed by atoms with E-state index >= 15 is 0 Å². The standard InChI is InChI=1S/C51H33N5O/c1-4-16-34(17-5-1)49-52-50(35-18-6-2-7-19-35)54-51(53-49)41-24-11-14-26-45(41)55(38-29-31-48-43(33-38)40-23-12-15-27-47(40)57-48)37-28-30-46-42(32-37)39-22-10-13-25-44(39)56(46)36-20-8-3-9-21-36/h1-33H. The van der Waals surface area contributed by atoms with Gasteiger partial charge in [0.15, 0.2) is 17.5 Å². The van der Waals surface area contributed by atoms with Crippen LogP contribution in [0.4, 0.5) is 17.1 Å². The highest BCUT2D eigenvalue weighted by Gasteiger charge is 2.23. The Morgan fingerprint density at radius 2 is 0.912 bits per heavy atom. The van der Waals surface area contributed by atoms with Gasteiger partial charge in [-0.15, -0.1) is 0 Å². The highest BCUT2D eigenvalue weighted by Crippen LogP contribution is 2.44. The molecule has 0 radical (unpaired) electrons. The third-order valence-corrected chi connectivity index (χ3v) is 10.6. The van der Waals surface area contributed by atoms with Crippen LogP contribution in [0, 0.1) is 0 Å². The molecule has 0 bridgehead atoms. The quantitative estimate of drug-likeness (QED) is 0.163. The minimum Gasteiger partial charge on any atom is -0.456 e. The van der Waals surface area contributed by atoms with Crippen LogP contribution in [0.3, 0.4) is 0 Å². The minimum atomic E-state index is 0.583. The molecule has 0 saturated heterocycles. The number of anilines is 3. The van der Waals surface area contributed by atoms with E-state index < -0.39 is 0 Å². The molecule has 0 aliphatic carbocycles. The summed E-state index contributed by atoms with van der Waals surface area (Å²) < 4.78 is 8.65. The fourth-order valence-corrected chi connectivity index (χ4v) is 8.02. The van der Waals surface area contributed by atoms with Crippen molar-refractivity contribution in [2.45, 2.75) is 0 Å². The lowest BCUT2D eigenvalue weighted by Crippen LogP contribution is -2.12. The number of hydrogen-bond acceptors (Lipinski definition) is 5. The first-order chi connectivity index (χ1) is 28.3. The maximum absolute atomic E-state index is 6.30. The molecule has 11 rings (SSSR count). The van der Waals surface area contributed by atoms with Crippen LogP contribution in [-0.4, -0.2) is 19.5 Å². The summed E-state index contributed by atoms with van der Waals surface area (Å²) in [6.07, 6.45) is 0. The van der Waals surface area contributed by atoms with Crippen molar-refractivity contribution >= 4 is 60.8 Å². The molecule has 57 heavy (non-hydrogen) atoms. The van der Waals surface area contributed by atoms with Gasteiger partial charge in [-0.3, -0.25) is 0 Å². The van der Waals surface area contributed by atoms with Crippen LogP contribution >= 0.6 is 0 Å². The molecule has 3 heterocycles. The number of fused-ring (bicyclic) bond motifs is 6. The molecule has 11 aromatic rings. The average Bonchev–Trinajstić information content (AvgIpc) is 3.83. The summed E-state index contributed by atoms with van der Waals surface area (Å²) in [5, 5.41) is 4.45. The molecule has 0 amide bonds. The Kier molecular flexibility index (Phi) is 7.71. The van der Waals surface area contributed by atoms with Crippen LogP contribution in [0.25, 0.3) is 83.6 Å². The van der Waals surface area contributed by atoms with Crippen molar-refractivity contribution in [2.24, 2.45) is 0 Å². The molecule has 0 unspecified atom stereocenters. The normalized spacial score (nSPS) is 11.5. The molecular weight excluding hydrogens is 699 g/mol. The first-order valence-corrected chi connectivity index (χ1v) is 19.0. The molecule has 268 valence electrons. The number of aromatic nitrogens is 4. The van der Waals surface area contributed by atoms with Crippen LogP contribution < -0.4 is 4.90 Å². The summed E-state index contributed by atoms with van der Waals surface area (Å²) in [6.45, 7) is 0. The first kappa shape index (κ1) is 32.6. The summed E-state index contributed by atoms with van der Waals surface area (Å²) >= 11 is 0. The van der Waals surface area contributed by atoms with E-state index in [1.54, 1.807) is 0 Å². The number of hydrogen-bond donors (Lipinski definition) is 0. The number of para-hydroxylation sites is 4. The van der Waals surface area contributed by atoms with E-state index in [0.29, 0.717) is 17.5 Å². The third kappa shape index (κ3) is 5.62. The smallest absolute Gasteiger partial charge is 0.166 e. The second-order valence-corrected chi connectivity index (χ2v) is 14.1. The van der Waals surface area contributed by atoms with Crippen LogP contribution in [0.2, 0.25) is 0 Å². The second kappa shape index (κ2) is 13.5. The lowest BCUT2D eigenvalue weighted by atomic mass is 10.1. The van der Waals surface area contributed by atoms with Gasteiger partial charge in [0, 0.05) is 55.3 Å². The van der Waals surface area contributed by atoms with Crippen molar-refractivity contribution in [3.8, 4) is 39.9 Å². The maximum Gasteiger partial charge on any atom is 0.166 e. The number of benzene rings is 8. The molecule has 0 fully saturated rings. The van der Waals surface area contributed by atoms with E-state index in [1.807, 2.05) is 72.8 Å². The van der Waals surface area contributed by atoms with E-state index in [2.05, 4.69) is 137 Å². The summed E-state index contributed by atoms with van der Waals surface area (Å²) in [5.41, 5.74) is 10.7. The molecule has 0 spiro atoms. The van der Waals surface area contributed by atoms with Gasteiger partial charge in [0.2, 0.25) is 0 Å². The van der Waals surface area contributed by atoms with Crippen molar-refractivity contribution < 1.29 is 4.42 Å². The minimum absolute atomic E-state index is 0.583. The zero-order chi connectivity index (χ0) is 37.7. The molecule has 0 aliphatic heterocycles. The topological polar surface area (TPSA) is 60.0 Å². The van der Waals surface area contributed by atoms with Crippen molar-refractivity contribution in [1.29, 1.82) is 0 Å². The molecular formula is C51H33N5O. The largest absolute Gasteiger partial charge is 0.456 e. The monoisotopic (exact) mass is 731 g/mol. The summed E-state index contributed by atoms with van der Waals surface area (Å²) in [5.74, 6) is 1.81. The van der Waals surface area contributed by atoms with Crippen LogP contribution in [0.5, 0.6) is 0 Å². The van der Waals surface area contributed by atoms with E-state index in [0.717, 1.165) is 77.8 Å². The van der Waals surface area contributed by atoms with Gasteiger partial charge in [0.05, 0.1) is 16.7 Å². The summed E-state index contributed by atoms with van der Waals surface area (Å²) in [4.78, 5) is 17.7. The predicted octanol–water partition coefficient (Wildman–Crippen LogP) is 13.3. The Morgan fingerprint density at radius 3 is 1.65 bits per heavy atom. The van der Waals surface area contributed by atoms with Crippen LogP contribution in [-0.2, 0) is 0 Å². The van der Waals surface area contributed by atoms with Gasteiger partial charge in [0.1, 0.15) is 11.2 Å². The first-order valence-electron chi connectivity index (χ1n) is 19.0. The van der Waals surface area contributed by atoms with Gasteiger partial charge in [-0.05, 0) is 72.8 Å². The fraction of sp³-hybridized carbons (Fsp3) is 0. The molecule has 0 atom stereocenters. The van der Waals surface area contributed by atoms with E-state index in [1.165, 1.54) is 5.39 Å². The Labute approximate surface area is 328 Å². The van der Waals surface area contributed by atoms with Crippen molar-refractivity contribution in [1.82, 2.24) is 19.5 Å². The molecule has 6 heteroatoms.